The third-order valence-corrected chi connectivity index (χ3v) is 13.3. The summed E-state index contributed by atoms with van der Waals surface area (Å²) in [6, 6.07) is 0.390. The predicted molar refractivity (Wildman–Crippen MR) is 157 cm³/mol. The second kappa shape index (κ2) is 12.8. The van der Waals surface area contributed by atoms with Crippen molar-refractivity contribution < 1.29 is 38.0 Å². The second-order valence-electron chi connectivity index (χ2n) is 16.1. The van der Waals surface area contributed by atoms with E-state index in [0.29, 0.717) is 23.4 Å². The van der Waals surface area contributed by atoms with Gasteiger partial charge in [0.1, 0.15) is 13.1 Å². The summed E-state index contributed by atoms with van der Waals surface area (Å²) in [5.74, 6) is 6.60. The van der Waals surface area contributed by atoms with Crippen LogP contribution < -0.4 is 29.3 Å². The van der Waals surface area contributed by atoms with E-state index in [4.69, 9.17) is 4.74 Å². The van der Waals surface area contributed by atoms with Crippen molar-refractivity contribution in [2.75, 3.05) is 39.9 Å². The fraction of sp³-hybridized carbons (Fsp3) is 0.971. The zero-order valence-electron chi connectivity index (χ0n) is 26.3. The highest BCUT2D eigenvalue weighted by atomic mass is 127. The molecular formula is C34H61IN2O2. The van der Waals surface area contributed by atoms with Gasteiger partial charge in [-0.2, -0.15) is 0 Å². The number of hydrogen-bond acceptors (Lipinski definition) is 2. The SMILES string of the molecule is CC(C)CCCC(C)C1CCC2C3CCC4CC(NC(=O)C[N+]5(C)CCOCC5)CCC4(C)C3CCC12C.[I-]. The summed E-state index contributed by atoms with van der Waals surface area (Å²) >= 11 is 0. The van der Waals surface area contributed by atoms with Gasteiger partial charge in [-0.3, -0.25) is 4.79 Å². The topological polar surface area (TPSA) is 38.3 Å². The summed E-state index contributed by atoms with van der Waals surface area (Å²) in [6.45, 7) is 16.9. The van der Waals surface area contributed by atoms with E-state index in [9.17, 15) is 4.79 Å². The number of ether oxygens (including phenoxy) is 1. The molecule has 1 saturated heterocycles. The van der Waals surface area contributed by atoms with Crippen molar-refractivity contribution in [3.8, 4) is 0 Å². The minimum absolute atomic E-state index is 0. The van der Waals surface area contributed by atoms with Crippen LogP contribution in [0.15, 0.2) is 0 Å². The van der Waals surface area contributed by atoms with Crippen molar-refractivity contribution in [3.05, 3.63) is 0 Å². The summed E-state index contributed by atoms with van der Waals surface area (Å²) in [5.41, 5.74) is 1.08. The number of carbonyl (C=O) groups excluding carboxylic acids is 1. The fourth-order valence-corrected chi connectivity index (χ4v) is 11.0. The van der Waals surface area contributed by atoms with E-state index >= 15 is 0 Å². The number of hydrogen-bond donors (Lipinski definition) is 1. The predicted octanol–water partition coefficient (Wildman–Crippen LogP) is 4.07. The van der Waals surface area contributed by atoms with Gasteiger partial charge >= 0.3 is 0 Å². The number of nitrogens with one attached hydrogen (secondary N) is 1. The lowest BCUT2D eigenvalue weighted by molar-refractivity contribution is -0.909. The van der Waals surface area contributed by atoms with Gasteiger partial charge in [-0.15, -0.1) is 0 Å². The lowest BCUT2D eigenvalue weighted by Gasteiger charge is -2.61. The molecule has 1 heterocycles. The monoisotopic (exact) mass is 656 g/mol. The Morgan fingerprint density at radius 1 is 0.923 bits per heavy atom. The van der Waals surface area contributed by atoms with Crippen LogP contribution in [0.3, 0.4) is 0 Å². The Balaban J connectivity index is 0.00000353. The molecule has 5 aliphatic rings. The average Bonchev–Trinajstić information content (AvgIpc) is 3.21. The summed E-state index contributed by atoms with van der Waals surface area (Å²) in [7, 11) is 2.22. The van der Waals surface area contributed by atoms with E-state index in [1.165, 1.54) is 77.0 Å². The van der Waals surface area contributed by atoms with Gasteiger partial charge in [0.25, 0.3) is 5.91 Å². The van der Waals surface area contributed by atoms with Gasteiger partial charge in [-0.05, 0) is 110 Å². The highest BCUT2D eigenvalue weighted by molar-refractivity contribution is 5.77. The average molecular weight is 657 g/mol. The molecule has 1 N–H and O–H groups in total. The smallest absolute Gasteiger partial charge is 0.275 e. The van der Waals surface area contributed by atoms with Crippen molar-refractivity contribution >= 4 is 5.91 Å². The minimum Gasteiger partial charge on any atom is -1.00 e. The van der Waals surface area contributed by atoms with E-state index in [0.717, 1.165) is 72.2 Å². The lowest BCUT2D eigenvalue weighted by Crippen LogP contribution is -3.00. The third kappa shape index (κ3) is 6.55. The molecule has 4 nitrogen and oxygen atoms in total. The van der Waals surface area contributed by atoms with Crippen LogP contribution in [-0.2, 0) is 9.53 Å². The number of likely N-dealkylation sites (N-methyl/N-ethyl adjacent to an activating group) is 1. The molecule has 0 aromatic heterocycles. The molecule has 0 radical (unpaired) electrons. The van der Waals surface area contributed by atoms with Crippen molar-refractivity contribution in [1.29, 1.82) is 0 Å². The number of quaternary nitrogens is 1. The molecule has 9 unspecified atom stereocenters. The van der Waals surface area contributed by atoms with Crippen LogP contribution in [-0.4, -0.2) is 56.3 Å². The molecule has 4 aliphatic carbocycles. The molecule has 226 valence electrons. The molecule has 5 rings (SSSR count). The molecule has 0 aromatic rings. The molecule has 1 aliphatic heterocycles. The highest BCUT2D eigenvalue weighted by Gasteiger charge is 2.60. The van der Waals surface area contributed by atoms with E-state index in [2.05, 4.69) is 47.0 Å². The Hall–Kier alpha value is 0.120. The first-order valence-electron chi connectivity index (χ1n) is 16.7. The zero-order valence-corrected chi connectivity index (χ0v) is 28.4. The molecule has 39 heavy (non-hydrogen) atoms. The van der Waals surface area contributed by atoms with Crippen molar-refractivity contribution in [3.63, 3.8) is 0 Å². The Morgan fingerprint density at radius 3 is 2.33 bits per heavy atom. The Morgan fingerprint density at radius 2 is 1.62 bits per heavy atom. The number of amides is 1. The molecule has 0 aromatic carbocycles. The Bertz CT molecular complexity index is 828. The largest absolute Gasteiger partial charge is 1.00 e. The molecule has 9 atom stereocenters. The van der Waals surface area contributed by atoms with Gasteiger partial charge in [-0.25, -0.2) is 0 Å². The van der Waals surface area contributed by atoms with Crippen LogP contribution in [0.5, 0.6) is 0 Å². The Kier molecular flexibility index (Phi) is 10.5. The highest BCUT2D eigenvalue weighted by Crippen LogP contribution is 2.68. The minimum atomic E-state index is 0. The number of morpholine rings is 1. The summed E-state index contributed by atoms with van der Waals surface area (Å²) < 4.78 is 6.37. The molecule has 5 heteroatoms. The van der Waals surface area contributed by atoms with Gasteiger partial charge in [-0.1, -0.05) is 53.9 Å². The van der Waals surface area contributed by atoms with Crippen LogP contribution in [0.25, 0.3) is 0 Å². The van der Waals surface area contributed by atoms with Gasteiger partial charge in [0, 0.05) is 6.04 Å². The van der Waals surface area contributed by atoms with Gasteiger partial charge in [0.15, 0.2) is 6.54 Å². The quantitative estimate of drug-likeness (QED) is 0.316. The van der Waals surface area contributed by atoms with Crippen LogP contribution >= 0.6 is 0 Å². The number of carbonyl (C=O) groups is 1. The molecule has 0 spiro atoms. The van der Waals surface area contributed by atoms with E-state index < -0.39 is 0 Å². The van der Waals surface area contributed by atoms with Crippen LogP contribution in [0, 0.1) is 52.3 Å². The van der Waals surface area contributed by atoms with Crippen molar-refractivity contribution in [2.24, 2.45) is 52.3 Å². The van der Waals surface area contributed by atoms with E-state index in [1.54, 1.807) is 0 Å². The summed E-state index contributed by atoms with van der Waals surface area (Å²) in [4.78, 5) is 13.0. The maximum Gasteiger partial charge on any atom is 0.275 e. The van der Waals surface area contributed by atoms with Crippen molar-refractivity contribution in [1.82, 2.24) is 5.32 Å². The van der Waals surface area contributed by atoms with Crippen LogP contribution in [0.2, 0.25) is 0 Å². The number of halogens is 1. The molecular weight excluding hydrogens is 595 g/mol. The normalized spacial score (nSPS) is 42.0. The van der Waals surface area contributed by atoms with E-state index in [1.807, 2.05) is 0 Å². The molecule has 0 bridgehead atoms. The first-order valence-corrected chi connectivity index (χ1v) is 16.7. The third-order valence-electron chi connectivity index (χ3n) is 13.3. The molecule has 5 fully saturated rings. The number of fused-ring (bicyclic) bond motifs is 5. The maximum absolute atomic E-state index is 13.0. The summed E-state index contributed by atoms with van der Waals surface area (Å²) in [5, 5.41) is 3.50. The first-order chi connectivity index (χ1) is 18.0. The second-order valence-corrected chi connectivity index (χ2v) is 16.1. The number of rotatable bonds is 8. The Labute approximate surface area is 258 Å². The molecule has 1 amide bonds. The van der Waals surface area contributed by atoms with Crippen LogP contribution in [0.4, 0.5) is 0 Å². The van der Waals surface area contributed by atoms with Crippen LogP contribution in [0.1, 0.15) is 112 Å². The lowest BCUT2D eigenvalue weighted by atomic mass is 9.44. The van der Waals surface area contributed by atoms with Gasteiger partial charge < -0.3 is 38.5 Å². The first kappa shape index (κ1) is 32.0. The zero-order chi connectivity index (χ0) is 27.1. The molecule has 4 saturated carbocycles. The standard InChI is InChI=1S/C34H60N2O2.HI/c1-24(2)8-7-9-25(3)29-12-13-30-28-11-10-26-22-27(35-32(37)23-36(6)18-20-38-21-19-36)14-16-33(26,4)31(28)15-17-34(29,30)5;/h24-31H,7-23H2,1-6H3;1H. The van der Waals surface area contributed by atoms with Gasteiger partial charge in [0.05, 0.1) is 20.3 Å². The van der Waals surface area contributed by atoms with Gasteiger partial charge in [0.2, 0.25) is 0 Å². The maximum atomic E-state index is 13.0. The van der Waals surface area contributed by atoms with Crippen molar-refractivity contribution in [2.45, 2.75) is 118 Å². The van der Waals surface area contributed by atoms with E-state index in [-0.39, 0.29) is 29.9 Å². The fourth-order valence-electron chi connectivity index (χ4n) is 11.0. The summed E-state index contributed by atoms with van der Waals surface area (Å²) in [6.07, 6.45) is 16.8. The number of nitrogens with zero attached hydrogens (tertiary/aromatic N) is 1.